The van der Waals surface area contributed by atoms with Crippen LogP contribution in [0.25, 0.3) is 0 Å². The van der Waals surface area contributed by atoms with Gasteiger partial charge in [0.2, 0.25) is 0 Å². The van der Waals surface area contributed by atoms with E-state index in [2.05, 4.69) is 6.92 Å². The molecule has 0 aromatic carbocycles. The van der Waals surface area contributed by atoms with Gasteiger partial charge in [-0.15, -0.1) is 0 Å². The summed E-state index contributed by atoms with van der Waals surface area (Å²) in [5.41, 5.74) is -0.448. The van der Waals surface area contributed by atoms with Crippen LogP contribution in [0.2, 0.25) is 0 Å². The van der Waals surface area contributed by atoms with Crippen molar-refractivity contribution >= 4 is 6.09 Å². The second-order valence-corrected chi connectivity index (χ2v) is 6.78. The summed E-state index contributed by atoms with van der Waals surface area (Å²) in [6.45, 7) is 8.09. The van der Waals surface area contributed by atoms with Crippen LogP contribution >= 0.6 is 0 Å². The third kappa shape index (κ3) is 5.31. The van der Waals surface area contributed by atoms with Crippen molar-refractivity contribution < 1.29 is 14.6 Å². The van der Waals surface area contributed by atoms with E-state index in [4.69, 9.17) is 9.84 Å². The molecule has 4 heteroatoms. The predicted molar refractivity (Wildman–Crippen MR) is 80.7 cm³/mol. The van der Waals surface area contributed by atoms with Crippen LogP contribution in [0, 0.1) is 0 Å². The molecule has 1 saturated heterocycles. The predicted octanol–water partition coefficient (Wildman–Crippen LogP) is 3.72. The van der Waals surface area contributed by atoms with Gasteiger partial charge in [0.1, 0.15) is 5.60 Å². The number of aliphatic hydroxyl groups is 1. The molecule has 1 amide bonds. The van der Waals surface area contributed by atoms with Gasteiger partial charge in [-0.2, -0.15) is 0 Å². The molecule has 118 valence electrons. The first kappa shape index (κ1) is 17.3. The summed E-state index contributed by atoms with van der Waals surface area (Å²) < 4.78 is 5.57. The van der Waals surface area contributed by atoms with Gasteiger partial charge in [-0.25, -0.2) is 4.79 Å². The third-order valence-corrected chi connectivity index (χ3v) is 3.81. The third-order valence-electron chi connectivity index (χ3n) is 3.81. The molecular formula is C16H31NO3. The number of carbonyl (C=O) groups is 1. The largest absolute Gasteiger partial charge is 0.444 e. The number of amides is 1. The topological polar surface area (TPSA) is 49.8 Å². The van der Waals surface area contributed by atoms with Crippen molar-refractivity contribution in [3.63, 3.8) is 0 Å². The molecule has 0 aromatic heterocycles. The smallest absolute Gasteiger partial charge is 0.410 e. The first-order chi connectivity index (χ1) is 9.39. The molecule has 0 saturated carbocycles. The van der Waals surface area contributed by atoms with Gasteiger partial charge in [-0.05, 0) is 52.9 Å². The van der Waals surface area contributed by atoms with Crippen molar-refractivity contribution in [3.05, 3.63) is 0 Å². The summed E-state index contributed by atoms with van der Waals surface area (Å²) in [5.74, 6) is 0. The van der Waals surface area contributed by atoms with E-state index < -0.39 is 5.60 Å². The molecule has 2 atom stereocenters. The zero-order valence-corrected chi connectivity index (χ0v) is 13.5. The van der Waals surface area contributed by atoms with E-state index in [9.17, 15) is 4.79 Å². The quantitative estimate of drug-likeness (QED) is 0.809. The number of rotatable bonds is 6. The van der Waals surface area contributed by atoms with Crippen molar-refractivity contribution in [2.75, 3.05) is 6.61 Å². The van der Waals surface area contributed by atoms with Crippen molar-refractivity contribution in [2.24, 2.45) is 0 Å². The van der Waals surface area contributed by atoms with E-state index in [0.29, 0.717) is 6.04 Å². The number of unbranched alkanes of at least 4 members (excludes halogenated alkanes) is 1. The normalized spacial score (nSPS) is 23.1. The maximum Gasteiger partial charge on any atom is 0.410 e. The minimum absolute atomic E-state index is 0.181. The summed E-state index contributed by atoms with van der Waals surface area (Å²) in [4.78, 5) is 14.4. The standard InChI is InChI=1S/C16H31NO3/c1-5-6-8-13-10-11-14(9-7-12-18)17(13)15(19)20-16(2,3)4/h13-14,18H,5-12H2,1-4H3/t13-,14?/m1/s1. The molecule has 0 aliphatic carbocycles. The van der Waals surface area contributed by atoms with Crippen molar-refractivity contribution in [1.82, 2.24) is 4.90 Å². The number of carbonyl (C=O) groups excluding carboxylic acids is 1. The molecule has 20 heavy (non-hydrogen) atoms. The zero-order chi connectivity index (χ0) is 15.2. The Morgan fingerprint density at radius 1 is 1.20 bits per heavy atom. The molecule has 0 bridgehead atoms. The minimum atomic E-state index is -0.448. The Kier molecular flexibility index (Phi) is 6.80. The maximum absolute atomic E-state index is 12.4. The van der Waals surface area contributed by atoms with E-state index in [1.807, 2.05) is 25.7 Å². The Balaban J connectivity index is 2.70. The zero-order valence-electron chi connectivity index (χ0n) is 13.5. The van der Waals surface area contributed by atoms with Gasteiger partial charge in [0.05, 0.1) is 0 Å². The van der Waals surface area contributed by atoms with Crippen LogP contribution in [-0.2, 0) is 4.74 Å². The average molecular weight is 285 g/mol. The van der Waals surface area contributed by atoms with Gasteiger partial charge >= 0.3 is 6.09 Å². The highest BCUT2D eigenvalue weighted by molar-refractivity contribution is 5.69. The number of aliphatic hydroxyl groups excluding tert-OH is 1. The molecule has 0 spiro atoms. The summed E-state index contributed by atoms with van der Waals surface area (Å²) in [5, 5.41) is 9.01. The first-order valence-corrected chi connectivity index (χ1v) is 8.01. The monoisotopic (exact) mass is 285 g/mol. The highest BCUT2D eigenvalue weighted by Crippen LogP contribution is 2.31. The average Bonchev–Trinajstić information content (AvgIpc) is 2.74. The van der Waals surface area contributed by atoms with Gasteiger partial charge in [0.25, 0.3) is 0 Å². The number of nitrogens with zero attached hydrogens (tertiary/aromatic N) is 1. The van der Waals surface area contributed by atoms with Crippen LogP contribution in [0.5, 0.6) is 0 Å². The molecule has 1 fully saturated rings. The van der Waals surface area contributed by atoms with Crippen LogP contribution in [0.3, 0.4) is 0 Å². The molecule has 4 nitrogen and oxygen atoms in total. The number of hydrogen-bond donors (Lipinski definition) is 1. The molecule has 1 unspecified atom stereocenters. The fourth-order valence-electron chi connectivity index (χ4n) is 2.91. The Hall–Kier alpha value is -0.770. The molecule has 0 aromatic rings. The molecule has 1 heterocycles. The SMILES string of the molecule is CCCC[C@@H]1CCC(CCCO)N1C(=O)OC(C)(C)C. The van der Waals surface area contributed by atoms with Crippen LogP contribution in [0.1, 0.15) is 72.6 Å². The lowest BCUT2D eigenvalue weighted by molar-refractivity contribution is 0.0125. The van der Waals surface area contributed by atoms with Gasteiger partial charge in [0, 0.05) is 18.7 Å². The number of hydrogen-bond acceptors (Lipinski definition) is 3. The minimum Gasteiger partial charge on any atom is -0.444 e. The van der Waals surface area contributed by atoms with E-state index >= 15 is 0 Å². The fourth-order valence-corrected chi connectivity index (χ4v) is 2.91. The summed E-state index contributed by atoms with van der Waals surface area (Å²) >= 11 is 0. The van der Waals surface area contributed by atoms with Gasteiger partial charge in [-0.1, -0.05) is 19.8 Å². The Labute approximate surface area is 123 Å². The molecule has 0 radical (unpaired) electrons. The Bertz CT molecular complexity index is 283. The van der Waals surface area contributed by atoms with E-state index in [1.165, 1.54) is 0 Å². The van der Waals surface area contributed by atoms with Crippen LogP contribution in [0.15, 0.2) is 0 Å². The summed E-state index contributed by atoms with van der Waals surface area (Å²) in [6, 6.07) is 0.548. The second kappa shape index (κ2) is 7.87. The highest BCUT2D eigenvalue weighted by atomic mass is 16.6. The van der Waals surface area contributed by atoms with Crippen molar-refractivity contribution in [1.29, 1.82) is 0 Å². The summed E-state index contributed by atoms with van der Waals surface area (Å²) in [6.07, 6.45) is 6.91. The summed E-state index contributed by atoms with van der Waals surface area (Å²) in [7, 11) is 0. The van der Waals surface area contributed by atoms with Crippen LogP contribution in [0.4, 0.5) is 4.79 Å². The maximum atomic E-state index is 12.4. The first-order valence-electron chi connectivity index (χ1n) is 8.01. The van der Waals surface area contributed by atoms with Gasteiger partial charge < -0.3 is 14.7 Å². The number of likely N-dealkylation sites (tertiary alicyclic amines) is 1. The lowest BCUT2D eigenvalue weighted by atomic mass is 10.1. The molecule has 1 aliphatic heterocycles. The lowest BCUT2D eigenvalue weighted by Crippen LogP contribution is -2.44. The Morgan fingerprint density at radius 2 is 1.75 bits per heavy atom. The van der Waals surface area contributed by atoms with Crippen molar-refractivity contribution in [2.45, 2.75) is 90.3 Å². The molecular weight excluding hydrogens is 254 g/mol. The van der Waals surface area contributed by atoms with Crippen molar-refractivity contribution in [3.8, 4) is 0 Å². The van der Waals surface area contributed by atoms with E-state index in [-0.39, 0.29) is 18.7 Å². The van der Waals surface area contributed by atoms with E-state index in [1.54, 1.807) is 0 Å². The lowest BCUT2D eigenvalue weighted by Gasteiger charge is -2.32. The van der Waals surface area contributed by atoms with Gasteiger partial charge in [0.15, 0.2) is 0 Å². The Morgan fingerprint density at radius 3 is 2.20 bits per heavy atom. The highest BCUT2D eigenvalue weighted by Gasteiger charge is 2.38. The van der Waals surface area contributed by atoms with E-state index in [0.717, 1.165) is 44.9 Å². The van der Waals surface area contributed by atoms with Crippen LogP contribution < -0.4 is 0 Å². The van der Waals surface area contributed by atoms with Gasteiger partial charge in [-0.3, -0.25) is 0 Å². The van der Waals surface area contributed by atoms with Crippen LogP contribution in [-0.4, -0.2) is 40.4 Å². The molecule has 1 N–H and O–H groups in total. The molecule has 1 aliphatic rings. The molecule has 1 rings (SSSR count). The number of ether oxygens (including phenoxy) is 1. The fraction of sp³-hybridized carbons (Fsp3) is 0.938. The second-order valence-electron chi connectivity index (χ2n) is 6.78.